The highest BCUT2D eigenvalue weighted by Gasteiger charge is 2.31. The van der Waals surface area contributed by atoms with Crippen molar-refractivity contribution < 1.29 is 4.79 Å². The van der Waals surface area contributed by atoms with E-state index in [1.165, 1.54) is 11.1 Å². The molecule has 0 saturated carbocycles. The van der Waals surface area contributed by atoms with Crippen LogP contribution in [0.1, 0.15) is 57.2 Å². The van der Waals surface area contributed by atoms with Gasteiger partial charge in [0.05, 0.1) is 6.04 Å². The van der Waals surface area contributed by atoms with Crippen molar-refractivity contribution in [1.29, 1.82) is 0 Å². The summed E-state index contributed by atoms with van der Waals surface area (Å²) in [5.41, 5.74) is 8.89. The second-order valence-corrected chi connectivity index (χ2v) is 6.52. The van der Waals surface area contributed by atoms with Gasteiger partial charge in [-0.25, -0.2) is 0 Å². The number of benzene rings is 1. The fourth-order valence-electron chi connectivity index (χ4n) is 3.30. The van der Waals surface area contributed by atoms with Crippen molar-refractivity contribution in [3.8, 4) is 0 Å². The average Bonchev–Trinajstić information content (AvgIpc) is 2.58. The van der Waals surface area contributed by atoms with E-state index in [0.29, 0.717) is 12.3 Å². The fraction of sp³-hybridized carbons (Fsp3) is 0.611. The van der Waals surface area contributed by atoms with Crippen molar-refractivity contribution in [3.05, 3.63) is 35.4 Å². The van der Waals surface area contributed by atoms with Crippen LogP contribution in [-0.2, 0) is 11.2 Å². The Bertz CT molecular complexity index is 467. The lowest BCUT2D eigenvalue weighted by molar-refractivity contribution is -0.133. The minimum Gasteiger partial charge on any atom is -0.334 e. The lowest BCUT2D eigenvalue weighted by Crippen LogP contribution is -2.42. The summed E-state index contributed by atoms with van der Waals surface area (Å²) in [6, 6.07) is 8.74. The van der Waals surface area contributed by atoms with Gasteiger partial charge in [-0.05, 0) is 43.2 Å². The Balaban J connectivity index is 2.25. The molecule has 1 aromatic rings. The van der Waals surface area contributed by atoms with Gasteiger partial charge in [-0.15, -0.1) is 0 Å². The first-order valence-corrected chi connectivity index (χ1v) is 8.16. The Labute approximate surface area is 128 Å². The van der Waals surface area contributed by atoms with Crippen LogP contribution in [0.3, 0.4) is 0 Å². The molecule has 0 bridgehead atoms. The zero-order chi connectivity index (χ0) is 15.4. The number of likely N-dealkylation sites (tertiary alicyclic amines) is 1. The summed E-state index contributed by atoms with van der Waals surface area (Å²) in [5, 5.41) is 0. The quantitative estimate of drug-likeness (QED) is 0.924. The van der Waals surface area contributed by atoms with E-state index in [1.54, 1.807) is 0 Å². The zero-order valence-electron chi connectivity index (χ0n) is 13.5. The monoisotopic (exact) mass is 288 g/mol. The van der Waals surface area contributed by atoms with Crippen molar-refractivity contribution in [2.75, 3.05) is 6.54 Å². The summed E-state index contributed by atoms with van der Waals surface area (Å²) < 4.78 is 0. The molecule has 1 aliphatic rings. The predicted octanol–water partition coefficient (Wildman–Crippen LogP) is 3.29. The largest absolute Gasteiger partial charge is 0.334 e. The van der Waals surface area contributed by atoms with Gasteiger partial charge in [-0.1, -0.05) is 38.1 Å². The van der Waals surface area contributed by atoms with Crippen molar-refractivity contribution in [2.45, 2.75) is 58.5 Å². The molecule has 0 radical (unpaired) electrons. The van der Waals surface area contributed by atoms with Crippen molar-refractivity contribution >= 4 is 5.91 Å². The van der Waals surface area contributed by atoms with Crippen molar-refractivity contribution in [2.24, 2.45) is 11.7 Å². The Hall–Kier alpha value is -1.35. The van der Waals surface area contributed by atoms with Gasteiger partial charge in [-0.2, -0.15) is 0 Å². The van der Waals surface area contributed by atoms with Crippen LogP contribution >= 0.6 is 0 Å². The third kappa shape index (κ3) is 3.85. The molecule has 3 nitrogen and oxygen atoms in total. The molecule has 1 aliphatic heterocycles. The van der Waals surface area contributed by atoms with E-state index < -0.39 is 0 Å². The third-order valence-electron chi connectivity index (χ3n) is 4.30. The molecule has 1 fully saturated rings. The third-order valence-corrected chi connectivity index (χ3v) is 4.30. The smallest absolute Gasteiger partial charge is 0.223 e. The summed E-state index contributed by atoms with van der Waals surface area (Å²) in [6.45, 7) is 7.22. The number of rotatable bonds is 4. The Morgan fingerprint density at radius 2 is 1.95 bits per heavy atom. The van der Waals surface area contributed by atoms with Crippen LogP contribution < -0.4 is 5.73 Å². The molecule has 0 spiro atoms. The van der Waals surface area contributed by atoms with Gasteiger partial charge in [0.1, 0.15) is 0 Å². The van der Waals surface area contributed by atoms with Crippen LogP contribution in [0.25, 0.3) is 0 Å². The van der Waals surface area contributed by atoms with E-state index in [1.807, 2.05) is 11.8 Å². The number of likely N-dealkylation sites (N-methyl/N-ethyl adjacent to an activating group) is 1. The standard InChI is InChI=1S/C18H28N2O/c1-4-20-17(21)7-5-6-16(19)18(20)15-10-8-14(9-11-15)12-13(2)3/h8-11,13,16,18H,4-7,12,19H2,1-3H3. The van der Waals surface area contributed by atoms with Gasteiger partial charge in [-0.3, -0.25) is 4.79 Å². The molecule has 2 N–H and O–H groups in total. The highest BCUT2D eigenvalue weighted by Crippen LogP contribution is 2.30. The summed E-state index contributed by atoms with van der Waals surface area (Å²) >= 11 is 0. The Kier molecular flexibility index (Phi) is 5.40. The molecule has 21 heavy (non-hydrogen) atoms. The number of nitrogens with two attached hydrogens (primary N) is 1. The number of nitrogens with zero attached hydrogens (tertiary/aromatic N) is 1. The zero-order valence-corrected chi connectivity index (χ0v) is 13.5. The van der Waals surface area contributed by atoms with E-state index >= 15 is 0 Å². The molecule has 0 aromatic heterocycles. The van der Waals surface area contributed by atoms with E-state index in [-0.39, 0.29) is 18.0 Å². The lowest BCUT2D eigenvalue weighted by Gasteiger charge is -2.33. The van der Waals surface area contributed by atoms with Gasteiger partial charge in [0, 0.05) is 19.0 Å². The maximum atomic E-state index is 12.3. The maximum absolute atomic E-state index is 12.3. The topological polar surface area (TPSA) is 46.3 Å². The summed E-state index contributed by atoms with van der Waals surface area (Å²) in [5.74, 6) is 0.895. The molecular formula is C18H28N2O. The van der Waals surface area contributed by atoms with Gasteiger partial charge in [0.25, 0.3) is 0 Å². The Morgan fingerprint density at radius 1 is 1.29 bits per heavy atom. The number of hydrogen-bond donors (Lipinski definition) is 1. The van der Waals surface area contributed by atoms with E-state index in [0.717, 1.165) is 25.8 Å². The number of carbonyl (C=O) groups is 1. The van der Waals surface area contributed by atoms with Gasteiger partial charge < -0.3 is 10.6 Å². The molecule has 2 unspecified atom stereocenters. The first-order chi connectivity index (χ1) is 10.0. The van der Waals surface area contributed by atoms with Gasteiger partial charge in [0.2, 0.25) is 5.91 Å². The van der Waals surface area contributed by atoms with Crippen LogP contribution in [0, 0.1) is 5.92 Å². The minimum atomic E-state index is 0.0260. The maximum Gasteiger partial charge on any atom is 0.223 e. The second kappa shape index (κ2) is 7.08. The van der Waals surface area contributed by atoms with Gasteiger partial charge in [0.15, 0.2) is 0 Å². The van der Waals surface area contributed by atoms with Gasteiger partial charge >= 0.3 is 0 Å². The van der Waals surface area contributed by atoms with Crippen LogP contribution in [0.4, 0.5) is 0 Å². The van der Waals surface area contributed by atoms with Crippen molar-refractivity contribution in [1.82, 2.24) is 4.90 Å². The molecule has 2 rings (SSSR count). The molecule has 2 atom stereocenters. The van der Waals surface area contributed by atoms with Crippen molar-refractivity contribution in [3.63, 3.8) is 0 Å². The molecule has 0 aliphatic carbocycles. The summed E-state index contributed by atoms with van der Waals surface area (Å²) in [4.78, 5) is 14.2. The van der Waals surface area contributed by atoms with Crippen LogP contribution in [0.5, 0.6) is 0 Å². The molecule has 1 heterocycles. The average molecular weight is 288 g/mol. The molecule has 1 saturated heterocycles. The Morgan fingerprint density at radius 3 is 2.52 bits per heavy atom. The SMILES string of the molecule is CCN1C(=O)CCCC(N)C1c1ccc(CC(C)C)cc1. The normalized spacial score (nSPS) is 23.5. The van der Waals surface area contributed by atoms with Crippen LogP contribution in [0.2, 0.25) is 0 Å². The minimum absolute atomic E-state index is 0.0260. The molecule has 1 amide bonds. The predicted molar refractivity (Wildman–Crippen MR) is 86.9 cm³/mol. The second-order valence-electron chi connectivity index (χ2n) is 6.52. The highest BCUT2D eigenvalue weighted by atomic mass is 16.2. The van der Waals surface area contributed by atoms with E-state index in [9.17, 15) is 4.79 Å². The first-order valence-electron chi connectivity index (χ1n) is 8.16. The number of amides is 1. The van der Waals surface area contributed by atoms with E-state index in [4.69, 9.17) is 5.73 Å². The lowest BCUT2D eigenvalue weighted by atomic mass is 9.94. The summed E-state index contributed by atoms with van der Waals surface area (Å²) in [7, 11) is 0. The number of hydrogen-bond acceptors (Lipinski definition) is 2. The molecule has 1 aromatic carbocycles. The first kappa shape index (κ1) is 16.0. The molecule has 116 valence electrons. The van der Waals surface area contributed by atoms with Crippen LogP contribution in [-0.4, -0.2) is 23.4 Å². The fourth-order valence-corrected chi connectivity index (χ4v) is 3.30. The number of carbonyl (C=O) groups excluding carboxylic acids is 1. The molecular weight excluding hydrogens is 260 g/mol. The molecule has 3 heteroatoms. The van der Waals surface area contributed by atoms with Crippen LogP contribution in [0.15, 0.2) is 24.3 Å². The highest BCUT2D eigenvalue weighted by molar-refractivity contribution is 5.77. The summed E-state index contributed by atoms with van der Waals surface area (Å²) in [6.07, 6.45) is 3.54. The van der Waals surface area contributed by atoms with E-state index in [2.05, 4.69) is 38.1 Å².